The molecule has 0 aliphatic heterocycles. The Morgan fingerprint density at radius 1 is 1.06 bits per heavy atom. The smallest absolute Gasteiger partial charge is 0.249 e. The van der Waals surface area contributed by atoms with E-state index in [0.29, 0.717) is 16.8 Å². The summed E-state index contributed by atoms with van der Waals surface area (Å²) in [6, 6.07) is 10.7. The van der Waals surface area contributed by atoms with E-state index in [9.17, 15) is 9.18 Å². The molecule has 4 heteroatoms. The fourth-order valence-corrected chi connectivity index (χ4v) is 1.65. The number of benzene rings is 2. The maximum Gasteiger partial charge on any atom is 0.249 e. The Hall–Kier alpha value is -2.36. The van der Waals surface area contributed by atoms with Gasteiger partial charge in [-0.2, -0.15) is 0 Å². The van der Waals surface area contributed by atoms with Gasteiger partial charge in [0.1, 0.15) is 5.82 Å². The molecule has 0 aromatic heterocycles. The molecule has 0 saturated carbocycles. The van der Waals surface area contributed by atoms with Gasteiger partial charge in [-0.15, -0.1) is 0 Å². The molecule has 86 valence electrons. The molecule has 2 aromatic rings. The van der Waals surface area contributed by atoms with E-state index < -0.39 is 5.91 Å². The van der Waals surface area contributed by atoms with Crippen molar-refractivity contribution < 1.29 is 9.18 Å². The topological polar surface area (TPSA) is 69.1 Å². The minimum absolute atomic E-state index is 0.329. The second-order valence-corrected chi connectivity index (χ2v) is 3.68. The van der Waals surface area contributed by atoms with Crippen LogP contribution in [0.3, 0.4) is 0 Å². The van der Waals surface area contributed by atoms with Gasteiger partial charge in [-0.05, 0) is 35.4 Å². The van der Waals surface area contributed by atoms with Crippen molar-refractivity contribution in [2.75, 3.05) is 5.73 Å². The van der Waals surface area contributed by atoms with Gasteiger partial charge in [-0.1, -0.05) is 18.2 Å². The summed E-state index contributed by atoms with van der Waals surface area (Å²) in [6.07, 6.45) is 0. The SMILES string of the molecule is NC(=O)c1cc(N)ccc1-c1ccc(F)cc1. The Labute approximate surface area is 97.9 Å². The van der Waals surface area contributed by atoms with Crippen LogP contribution < -0.4 is 11.5 Å². The molecule has 3 nitrogen and oxygen atoms in total. The summed E-state index contributed by atoms with van der Waals surface area (Å²) >= 11 is 0. The number of amides is 1. The van der Waals surface area contributed by atoms with Gasteiger partial charge in [0.05, 0.1) is 0 Å². The molecule has 2 rings (SSSR count). The quantitative estimate of drug-likeness (QED) is 0.776. The van der Waals surface area contributed by atoms with Gasteiger partial charge in [0.15, 0.2) is 0 Å². The minimum Gasteiger partial charge on any atom is -0.399 e. The number of carbonyl (C=O) groups is 1. The van der Waals surface area contributed by atoms with Crippen LogP contribution >= 0.6 is 0 Å². The summed E-state index contributed by atoms with van der Waals surface area (Å²) in [4.78, 5) is 11.3. The molecule has 0 radical (unpaired) electrons. The Bertz CT molecular complexity index is 564. The molecular formula is C13H11FN2O. The van der Waals surface area contributed by atoms with E-state index in [0.717, 1.165) is 5.56 Å². The predicted molar refractivity (Wildman–Crippen MR) is 64.8 cm³/mol. The number of halogens is 1. The van der Waals surface area contributed by atoms with Gasteiger partial charge >= 0.3 is 0 Å². The third-order valence-corrected chi connectivity index (χ3v) is 2.46. The molecular weight excluding hydrogens is 219 g/mol. The van der Waals surface area contributed by atoms with Crippen molar-refractivity contribution in [3.63, 3.8) is 0 Å². The lowest BCUT2D eigenvalue weighted by Gasteiger charge is -2.07. The zero-order valence-corrected chi connectivity index (χ0v) is 8.98. The van der Waals surface area contributed by atoms with E-state index in [2.05, 4.69) is 0 Å². The highest BCUT2D eigenvalue weighted by Gasteiger charge is 2.10. The predicted octanol–water partition coefficient (Wildman–Crippen LogP) is 2.17. The normalized spacial score (nSPS) is 10.2. The number of carbonyl (C=O) groups excluding carboxylic acids is 1. The summed E-state index contributed by atoms with van der Waals surface area (Å²) in [5.41, 5.74) is 13.0. The van der Waals surface area contributed by atoms with E-state index in [-0.39, 0.29) is 5.82 Å². The molecule has 0 bridgehead atoms. The molecule has 0 heterocycles. The second-order valence-electron chi connectivity index (χ2n) is 3.68. The van der Waals surface area contributed by atoms with Crippen LogP contribution in [0.1, 0.15) is 10.4 Å². The van der Waals surface area contributed by atoms with E-state index in [4.69, 9.17) is 11.5 Å². The van der Waals surface area contributed by atoms with Gasteiger partial charge in [0.25, 0.3) is 0 Å². The van der Waals surface area contributed by atoms with Crippen LogP contribution in [0.2, 0.25) is 0 Å². The largest absolute Gasteiger partial charge is 0.399 e. The van der Waals surface area contributed by atoms with Crippen LogP contribution in [0, 0.1) is 5.82 Å². The molecule has 2 aromatic carbocycles. The lowest BCUT2D eigenvalue weighted by molar-refractivity contribution is 0.100. The Balaban J connectivity index is 2.58. The third-order valence-electron chi connectivity index (χ3n) is 2.46. The van der Waals surface area contributed by atoms with E-state index in [1.807, 2.05) is 0 Å². The van der Waals surface area contributed by atoms with Crippen molar-refractivity contribution >= 4 is 11.6 Å². The fraction of sp³-hybridized carbons (Fsp3) is 0. The first kappa shape index (κ1) is 11.1. The molecule has 0 spiro atoms. The van der Waals surface area contributed by atoms with Gasteiger partial charge in [0, 0.05) is 11.3 Å². The summed E-state index contributed by atoms with van der Waals surface area (Å²) in [5.74, 6) is -0.888. The van der Waals surface area contributed by atoms with Crippen molar-refractivity contribution in [2.24, 2.45) is 5.73 Å². The first-order valence-electron chi connectivity index (χ1n) is 5.03. The lowest BCUT2D eigenvalue weighted by atomic mass is 9.99. The van der Waals surface area contributed by atoms with Crippen molar-refractivity contribution in [1.82, 2.24) is 0 Å². The zero-order chi connectivity index (χ0) is 12.4. The molecule has 0 saturated heterocycles. The maximum atomic E-state index is 12.8. The summed E-state index contributed by atoms with van der Waals surface area (Å²) in [5, 5.41) is 0. The number of nitrogens with two attached hydrogens (primary N) is 2. The minimum atomic E-state index is -0.559. The number of nitrogen functional groups attached to an aromatic ring is 1. The lowest BCUT2D eigenvalue weighted by Crippen LogP contribution is -2.12. The van der Waals surface area contributed by atoms with Crippen molar-refractivity contribution in [2.45, 2.75) is 0 Å². The van der Waals surface area contributed by atoms with E-state index in [1.54, 1.807) is 24.3 Å². The van der Waals surface area contributed by atoms with Crippen molar-refractivity contribution in [3.05, 3.63) is 53.8 Å². The number of rotatable bonds is 2. The molecule has 1 amide bonds. The van der Waals surface area contributed by atoms with Crippen LogP contribution in [-0.4, -0.2) is 5.91 Å². The fourth-order valence-electron chi connectivity index (χ4n) is 1.65. The van der Waals surface area contributed by atoms with Crippen LogP contribution in [0.5, 0.6) is 0 Å². The Morgan fingerprint density at radius 3 is 2.29 bits per heavy atom. The van der Waals surface area contributed by atoms with E-state index in [1.165, 1.54) is 18.2 Å². The molecule has 0 unspecified atom stereocenters. The second kappa shape index (κ2) is 4.25. The average Bonchev–Trinajstić information content (AvgIpc) is 2.30. The maximum absolute atomic E-state index is 12.8. The number of primary amides is 1. The third kappa shape index (κ3) is 2.25. The first-order valence-corrected chi connectivity index (χ1v) is 5.03. The zero-order valence-electron chi connectivity index (χ0n) is 8.98. The van der Waals surface area contributed by atoms with Crippen LogP contribution in [0.4, 0.5) is 10.1 Å². The van der Waals surface area contributed by atoms with Gasteiger partial charge < -0.3 is 11.5 Å². The standard InChI is InChI=1S/C13H11FN2O/c14-9-3-1-8(2-4-9)11-6-5-10(15)7-12(11)13(16)17/h1-7H,15H2,(H2,16,17). The van der Waals surface area contributed by atoms with E-state index >= 15 is 0 Å². The number of anilines is 1. The molecule has 4 N–H and O–H groups in total. The highest BCUT2D eigenvalue weighted by atomic mass is 19.1. The monoisotopic (exact) mass is 230 g/mol. The van der Waals surface area contributed by atoms with Crippen molar-refractivity contribution in [3.8, 4) is 11.1 Å². The highest BCUT2D eigenvalue weighted by molar-refractivity contribution is 6.00. The molecule has 0 aliphatic rings. The summed E-state index contributed by atoms with van der Waals surface area (Å²) < 4.78 is 12.8. The number of hydrogen-bond acceptors (Lipinski definition) is 2. The summed E-state index contributed by atoms with van der Waals surface area (Å²) in [7, 11) is 0. The summed E-state index contributed by atoms with van der Waals surface area (Å²) in [6.45, 7) is 0. The molecule has 0 atom stereocenters. The van der Waals surface area contributed by atoms with Gasteiger partial charge in [0.2, 0.25) is 5.91 Å². The average molecular weight is 230 g/mol. The van der Waals surface area contributed by atoms with Crippen molar-refractivity contribution in [1.29, 1.82) is 0 Å². The van der Waals surface area contributed by atoms with Crippen LogP contribution in [0.25, 0.3) is 11.1 Å². The molecule has 0 fully saturated rings. The molecule has 17 heavy (non-hydrogen) atoms. The first-order chi connectivity index (χ1) is 8.08. The Kier molecular flexibility index (Phi) is 2.78. The highest BCUT2D eigenvalue weighted by Crippen LogP contribution is 2.25. The van der Waals surface area contributed by atoms with Crippen LogP contribution in [0.15, 0.2) is 42.5 Å². The molecule has 0 aliphatic carbocycles. The Morgan fingerprint density at radius 2 is 1.71 bits per heavy atom. The van der Waals surface area contributed by atoms with Gasteiger partial charge in [-0.25, -0.2) is 4.39 Å². The van der Waals surface area contributed by atoms with Gasteiger partial charge in [-0.3, -0.25) is 4.79 Å². The number of hydrogen-bond donors (Lipinski definition) is 2. The van der Waals surface area contributed by atoms with Crippen LogP contribution in [-0.2, 0) is 0 Å².